The number of aryl methyl sites for hydroxylation is 1. The van der Waals surface area contributed by atoms with E-state index in [-0.39, 0.29) is 5.92 Å². The van der Waals surface area contributed by atoms with Crippen LogP contribution in [-0.4, -0.2) is 11.1 Å². The van der Waals surface area contributed by atoms with Crippen LogP contribution in [0, 0.1) is 0 Å². The first-order chi connectivity index (χ1) is 8.77. The van der Waals surface area contributed by atoms with Crippen molar-refractivity contribution < 1.29 is 9.90 Å². The van der Waals surface area contributed by atoms with Gasteiger partial charge >= 0.3 is 5.97 Å². The van der Waals surface area contributed by atoms with Crippen LogP contribution >= 0.6 is 11.3 Å². The van der Waals surface area contributed by atoms with Crippen molar-refractivity contribution in [1.29, 1.82) is 0 Å². The summed E-state index contributed by atoms with van der Waals surface area (Å²) in [6.45, 7) is 0. The van der Waals surface area contributed by atoms with Gasteiger partial charge in [0.25, 0.3) is 0 Å². The molecule has 0 fully saturated rings. The summed E-state index contributed by atoms with van der Waals surface area (Å²) < 4.78 is 0. The third-order valence-corrected chi connectivity index (χ3v) is 3.93. The molecule has 94 valence electrons. The highest BCUT2D eigenvalue weighted by atomic mass is 32.1. The quantitative estimate of drug-likeness (QED) is 0.854. The second-order valence-electron chi connectivity index (χ2n) is 4.27. The van der Waals surface area contributed by atoms with Gasteiger partial charge in [-0.3, -0.25) is 4.79 Å². The van der Waals surface area contributed by atoms with Crippen molar-refractivity contribution >= 4 is 17.3 Å². The first-order valence-electron chi connectivity index (χ1n) is 6.07. The summed E-state index contributed by atoms with van der Waals surface area (Å²) in [6.07, 6.45) is 2.57. The van der Waals surface area contributed by atoms with Crippen molar-refractivity contribution in [2.75, 3.05) is 0 Å². The molecule has 1 aromatic heterocycles. The maximum Gasteiger partial charge on any atom is 0.310 e. The minimum atomic E-state index is -0.729. The zero-order valence-corrected chi connectivity index (χ0v) is 10.9. The van der Waals surface area contributed by atoms with Crippen LogP contribution in [0.4, 0.5) is 0 Å². The van der Waals surface area contributed by atoms with Gasteiger partial charge in [0.2, 0.25) is 0 Å². The Morgan fingerprint density at radius 3 is 2.56 bits per heavy atom. The lowest BCUT2D eigenvalue weighted by Gasteiger charge is -2.12. The number of aliphatic carboxylic acids is 1. The predicted octanol–water partition coefficient (Wildman–Crippen LogP) is 3.94. The number of hydrogen-bond acceptors (Lipinski definition) is 2. The van der Waals surface area contributed by atoms with Gasteiger partial charge in [0.1, 0.15) is 0 Å². The SMILES string of the molecule is O=C(O)C(CCCc1cccs1)c1ccccc1. The molecule has 1 N–H and O–H groups in total. The molecular formula is C15H16O2S. The van der Waals surface area contributed by atoms with Crippen molar-refractivity contribution in [1.82, 2.24) is 0 Å². The van der Waals surface area contributed by atoms with E-state index >= 15 is 0 Å². The van der Waals surface area contributed by atoms with Gasteiger partial charge in [0.05, 0.1) is 5.92 Å². The molecular weight excluding hydrogens is 244 g/mol. The fourth-order valence-corrected chi connectivity index (χ4v) is 2.80. The lowest BCUT2D eigenvalue weighted by Crippen LogP contribution is -2.11. The average Bonchev–Trinajstić information content (AvgIpc) is 2.88. The Balaban J connectivity index is 1.93. The first-order valence-corrected chi connectivity index (χ1v) is 6.95. The van der Waals surface area contributed by atoms with Gasteiger partial charge in [0, 0.05) is 4.88 Å². The van der Waals surface area contributed by atoms with E-state index in [0.29, 0.717) is 6.42 Å². The Morgan fingerprint density at radius 2 is 1.94 bits per heavy atom. The molecule has 2 nitrogen and oxygen atoms in total. The third-order valence-electron chi connectivity index (χ3n) is 3.00. The fraction of sp³-hybridized carbons (Fsp3) is 0.267. The molecule has 18 heavy (non-hydrogen) atoms. The summed E-state index contributed by atoms with van der Waals surface area (Å²) in [4.78, 5) is 12.6. The van der Waals surface area contributed by atoms with Gasteiger partial charge in [-0.05, 0) is 36.3 Å². The smallest absolute Gasteiger partial charge is 0.310 e. The number of hydrogen-bond donors (Lipinski definition) is 1. The van der Waals surface area contributed by atoms with E-state index in [1.807, 2.05) is 36.4 Å². The van der Waals surface area contributed by atoms with Crippen LogP contribution < -0.4 is 0 Å². The van der Waals surface area contributed by atoms with Crippen molar-refractivity contribution in [2.24, 2.45) is 0 Å². The van der Waals surface area contributed by atoms with Gasteiger partial charge in [-0.1, -0.05) is 36.4 Å². The standard InChI is InChI=1S/C15H16O2S/c16-15(17)14(12-6-2-1-3-7-12)10-4-8-13-9-5-11-18-13/h1-3,5-7,9,11,14H,4,8,10H2,(H,16,17). The normalized spacial score (nSPS) is 12.2. The van der Waals surface area contributed by atoms with E-state index in [1.54, 1.807) is 11.3 Å². The Kier molecular flexibility index (Phi) is 4.53. The topological polar surface area (TPSA) is 37.3 Å². The molecule has 0 bridgehead atoms. The zero-order valence-electron chi connectivity index (χ0n) is 10.1. The van der Waals surface area contributed by atoms with Crippen molar-refractivity contribution in [2.45, 2.75) is 25.2 Å². The van der Waals surface area contributed by atoms with Gasteiger partial charge < -0.3 is 5.11 Å². The van der Waals surface area contributed by atoms with Gasteiger partial charge in [-0.15, -0.1) is 11.3 Å². The van der Waals surface area contributed by atoms with Gasteiger partial charge in [-0.25, -0.2) is 0 Å². The van der Waals surface area contributed by atoms with Crippen LogP contribution in [0.15, 0.2) is 47.8 Å². The van der Waals surface area contributed by atoms with Crippen LogP contribution in [0.5, 0.6) is 0 Å². The Hall–Kier alpha value is -1.61. The highest BCUT2D eigenvalue weighted by Crippen LogP contribution is 2.23. The van der Waals surface area contributed by atoms with Crippen LogP contribution in [0.1, 0.15) is 29.2 Å². The molecule has 0 amide bonds. The van der Waals surface area contributed by atoms with Crippen LogP contribution in [0.2, 0.25) is 0 Å². The van der Waals surface area contributed by atoms with Crippen LogP contribution in [0.25, 0.3) is 0 Å². The summed E-state index contributed by atoms with van der Waals surface area (Å²) >= 11 is 1.73. The monoisotopic (exact) mass is 260 g/mol. The highest BCUT2D eigenvalue weighted by molar-refractivity contribution is 7.09. The average molecular weight is 260 g/mol. The van der Waals surface area contributed by atoms with Crippen molar-refractivity contribution in [3.8, 4) is 0 Å². The molecule has 0 aliphatic carbocycles. The number of carbonyl (C=O) groups is 1. The number of carboxylic acid groups (broad SMARTS) is 1. The Morgan fingerprint density at radius 1 is 1.17 bits per heavy atom. The zero-order chi connectivity index (χ0) is 12.8. The molecule has 1 aromatic carbocycles. The van der Waals surface area contributed by atoms with E-state index in [4.69, 9.17) is 0 Å². The maximum atomic E-state index is 11.3. The molecule has 0 radical (unpaired) electrons. The number of rotatable bonds is 6. The second-order valence-corrected chi connectivity index (χ2v) is 5.31. The second kappa shape index (κ2) is 6.36. The summed E-state index contributed by atoms with van der Waals surface area (Å²) in [5, 5.41) is 11.3. The summed E-state index contributed by atoms with van der Waals surface area (Å²) in [5.74, 6) is -1.11. The largest absolute Gasteiger partial charge is 0.481 e. The maximum absolute atomic E-state index is 11.3. The predicted molar refractivity (Wildman–Crippen MR) is 74.1 cm³/mol. The molecule has 2 aromatic rings. The molecule has 2 rings (SSSR count). The van der Waals surface area contributed by atoms with Crippen LogP contribution in [-0.2, 0) is 11.2 Å². The molecule has 1 heterocycles. The van der Waals surface area contributed by atoms with Gasteiger partial charge in [-0.2, -0.15) is 0 Å². The first kappa shape index (κ1) is 12.8. The minimum Gasteiger partial charge on any atom is -0.481 e. The third kappa shape index (κ3) is 3.44. The van der Waals surface area contributed by atoms with E-state index < -0.39 is 5.97 Å². The lowest BCUT2D eigenvalue weighted by atomic mass is 9.93. The molecule has 0 aliphatic heterocycles. The molecule has 3 heteroatoms. The van der Waals surface area contributed by atoms with E-state index in [0.717, 1.165) is 18.4 Å². The number of benzene rings is 1. The molecule has 1 atom stereocenters. The van der Waals surface area contributed by atoms with E-state index in [1.165, 1.54) is 4.88 Å². The summed E-state index contributed by atoms with van der Waals surface area (Å²) in [7, 11) is 0. The Bertz CT molecular complexity index is 476. The van der Waals surface area contributed by atoms with Gasteiger partial charge in [0.15, 0.2) is 0 Å². The Labute approximate surface area is 111 Å². The summed E-state index contributed by atoms with van der Waals surface area (Å²) in [5.41, 5.74) is 0.899. The number of thiophene rings is 1. The molecule has 0 spiro atoms. The fourth-order valence-electron chi connectivity index (χ4n) is 2.05. The minimum absolute atomic E-state index is 0.383. The molecule has 1 unspecified atom stereocenters. The van der Waals surface area contributed by atoms with E-state index in [9.17, 15) is 9.90 Å². The summed E-state index contributed by atoms with van der Waals surface area (Å²) in [6, 6.07) is 13.6. The number of carboxylic acids is 1. The van der Waals surface area contributed by atoms with E-state index in [2.05, 4.69) is 11.4 Å². The lowest BCUT2D eigenvalue weighted by molar-refractivity contribution is -0.139. The molecule has 0 aliphatic rings. The highest BCUT2D eigenvalue weighted by Gasteiger charge is 2.18. The molecule has 0 saturated heterocycles. The van der Waals surface area contributed by atoms with Crippen LogP contribution in [0.3, 0.4) is 0 Å². The molecule has 0 saturated carbocycles. The van der Waals surface area contributed by atoms with Crippen molar-refractivity contribution in [3.05, 3.63) is 58.3 Å². The van der Waals surface area contributed by atoms with Crippen molar-refractivity contribution in [3.63, 3.8) is 0 Å².